The van der Waals surface area contributed by atoms with Crippen LogP contribution in [0.15, 0.2) is 35.2 Å². The van der Waals surface area contributed by atoms with E-state index >= 15 is 0 Å². The summed E-state index contributed by atoms with van der Waals surface area (Å²) < 4.78 is 27.1. The third kappa shape index (κ3) is 4.78. The van der Waals surface area contributed by atoms with Crippen molar-refractivity contribution in [2.75, 3.05) is 6.54 Å². The maximum atomic E-state index is 12.2. The Balaban J connectivity index is 1.86. The predicted molar refractivity (Wildman–Crippen MR) is 89.0 cm³/mol. The number of rotatable bonds is 6. The largest absolute Gasteiger partial charge is 0.326 e. The normalized spacial score (nSPS) is 26.3. The maximum Gasteiger partial charge on any atom is 0.240 e. The predicted octanol–water partition coefficient (Wildman–Crippen LogP) is 1.46. The molecule has 1 aliphatic carbocycles. The molecule has 22 heavy (non-hydrogen) atoms. The van der Waals surface area contributed by atoms with Crippen LogP contribution in [0, 0.1) is 5.92 Å². The van der Waals surface area contributed by atoms with Gasteiger partial charge in [-0.2, -0.15) is 0 Å². The van der Waals surface area contributed by atoms with Crippen LogP contribution >= 0.6 is 0 Å². The zero-order valence-corrected chi connectivity index (χ0v) is 14.1. The Morgan fingerprint density at radius 3 is 2.50 bits per heavy atom. The van der Waals surface area contributed by atoms with Crippen molar-refractivity contribution < 1.29 is 8.42 Å². The van der Waals surface area contributed by atoms with Gasteiger partial charge in [0.05, 0.1) is 4.90 Å². The number of hydrogen-bond donors (Lipinski definition) is 3. The zero-order valence-electron chi connectivity index (χ0n) is 13.3. The number of hydrogen-bond acceptors (Lipinski definition) is 4. The molecule has 1 aliphatic rings. The van der Waals surface area contributed by atoms with Gasteiger partial charge in [0.1, 0.15) is 0 Å². The molecule has 0 aliphatic heterocycles. The van der Waals surface area contributed by atoms with Crippen molar-refractivity contribution in [1.29, 1.82) is 0 Å². The summed E-state index contributed by atoms with van der Waals surface area (Å²) in [5, 5.41) is 3.49. The summed E-state index contributed by atoms with van der Waals surface area (Å²) >= 11 is 0. The van der Waals surface area contributed by atoms with Gasteiger partial charge in [-0.3, -0.25) is 0 Å². The Kier molecular flexibility index (Phi) is 5.97. The van der Waals surface area contributed by atoms with Crippen LogP contribution in [0.2, 0.25) is 0 Å². The van der Waals surface area contributed by atoms with Crippen molar-refractivity contribution in [3.63, 3.8) is 0 Å². The van der Waals surface area contributed by atoms with Gasteiger partial charge in [0, 0.05) is 24.7 Å². The summed E-state index contributed by atoms with van der Waals surface area (Å²) in [6.07, 6.45) is 2.84. The molecule has 1 fully saturated rings. The molecule has 0 amide bonds. The van der Waals surface area contributed by atoms with Crippen LogP contribution in [0.25, 0.3) is 0 Å². The summed E-state index contributed by atoms with van der Waals surface area (Å²) in [7, 11) is -3.42. The van der Waals surface area contributed by atoms with Crippen molar-refractivity contribution >= 4 is 10.0 Å². The lowest BCUT2D eigenvalue weighted by Crippen LogP contribution is -2.52. The summed E-state index contributed by atoms with van der Waals surface area (Å²) in [5.41, 5.74) is 6.23. The molecule has 0 spiro atoms. The second kappa shape index (κ2) is 7.55. The lowest BCUT2D eigenvalue weighted by molar-refractivity contribution is 0.248. The fourth-order valence-corrected chi connectivity index (χ4v) is 4.16. The highest BCUT2D eigenvalue weighted by molar-refractivity contribution is 7.89. The van der Waals surface area contributed by atoms with E-state index in [1.807, 2.05) is 0 Å². The third-order valence-electron chi connectivity index (χ3n) is 4.17. The van der Waals surface area contributed by atoms with Crippen LogP contribution in [0.1, 0.15) is 33.1 Å². The van der Waals surface area contributed by atoms with E-state index in [1.54, 1.807) is 30.3 Å². The molecular weight excluding hydrogens is 298 g/mol. The minimum atomic E-state index is -3.42. The van der Waals surface area contributed by atoms with E-state index in [0.717, 1.165) is 19.3 Å². The number of nitrogens with one attached hydrogen (secondary N) is 2. The highest BCUT2D eigenvalue weighted by atomic mass is 32.2. The van der Waals surface area contributed by atoms with Gasteiger partial charge >= 0.3 is 0 Å². The molecule has 1 aromatic carbocycles. The smallest absolute Gasteiger partial charge is 0.240 e. The van der Waals surface area contributed by atoms with E-state index in [2.05, 4.69) is 23.9 Å². The van der Waals surface area contributed by atoms with Crippen LogP contribution in [0.3, 0.4) is 0 Å². The van der Waals surface area contributed by atoms with E-state index in [9.17, 15) is 8.42 Å². The Morgan fingerprint density at radius 1 is 1.23 bits per heavy atom. The highest BCUT2D eigenvalue weighted by Gasteiger charge is 2.29. The molecule has 3 unspecified atom stereocenters. The molecule has 0 saturated heterocycles. The molecule has 4 N–H and O–H groups in total. The number of benzene rings is 1. The van der Waals surface area contributed by atoms with Crippen LogP contribution in [0.5, 0.6) is 0 Å². The van der Waals surface area contributed by atoms with E-state index < -0.39 is 10.0 Å². The molecular formula is C16H27N3O2S. The van der Waals surface area contributed by atoms with Gasteiger partial charge in [-0.1, -0.05) is 32.0 Å². The Morgan fingerprint density at radius 2 is 1.91 bits per heavy atom. The molecule has 2 rings (SSSR count). The first-order valence-electron chi connectivity index (χ1n) is 7.95. The van der Waals surface area contributed by atoms with Gasteiger partial charge in [-0.15, -0.1) is 0 Å². The molecule has 1 aromatic rings. The monoisotopic (exact) mass is 325 g/mol. The number of sulfonamides is 1. The van der Waals surface area contributed by atoms with Crippen molar-refractivity contribution in [2.45, 2.75) is 56.1 Å². The molecule has 124 valence electrons. The molecule has 0 radical (unpaired) electrons. The number of nitrogens with two attached hydrogens (primary N) is 1. The van der Waals surface area contributed by atoms with Gasteiger partial charge in [-0.05, 0) is 37.3 Å². The molecule has 5 nitrogen and oxygen atoms in total. The minimum absolute atomic E-state index is 0.0855. The van der Waals surface area contributed by atoms with Gasteiger partial charge in [0.2, 0.25) is 10.0 Å². The van der Waals surface area contributed by atoms with Crippen molar-refractivity contribution in [3.05, 3.63) is 30.3 Å². The fourth-order valence-electron chi connectivity index (χ4n) is 3.03. The minimum Gasteiger partial charge on any atom is -0.326 e. The summed E-state index contributed by atoms with van der Waals surface area (Å²) in [6.45, 7) is 4.69. The summed E-state index contributed by atoms with van der Waals surface area (Å²) in [6, 6.07) is 9.32. The fraction of sp³-hybridized carbons (Fsp3) is 0.625. The van der Waals surface area contributed by atoms with Crippen LogP contribution in [0.4, 0.5) is 0 Å². The molecule has 0 aromatic heterocycles. The zero-order chi connectivity index (χ0) is 16.2. The van der Waals surface area contributed by atoms with Gasteiger partial charge in [0.25, 0.3) is 0 Å². The average molecular weight is 325 g/mol. The van der Waals surface area contributed by atoms with E-state index in [1.165, 1.54) is 0 Å². The molecule has 1 saturated carbocycles. The Bertz CT molecular complexity index is 560. The SMILES string of the molecule is CC(C)NC1CCC(CNS(=O)(=O)c2ccccc2)CC1N. The summed E-state index contributed by atoms with van der Waals surface area (Å²) in [4.78, 5) is 0.314. The lowest BCUT2D eigenvalue weighted by Gasteiger charge is -2.35. The molecule has 6 heteroatoms. The van der Waals surface area contributed by atoms with Crippen molar-refractivity contribution in [1.82, 2.24) is 10.0 Å². The molecule has 0 heterocycles. The van der Waals surface area contributed by atoms with E-state index in [0.29, 0.717) is 29.4 Å². The van der Waals surface area contributed by atoms with Gasteiger partial charge < -0.3 is 11.1 Å². The first kappa shape index (κ1) is 17.4. The van der Waals surface area contributed by atoms with E-state index in [-0.39, 0.29) is 6.04 Å². The maximum absolute atomic E-state index is 12.2. The Labute approximate surface area is 133 Å². The Hall–Kier alpha value is -0.950. The van der Waals surface area contributed by atoms with Gasteiger partial charge in [-0.25, -0.2) is 13.1 Å². The second-order valence-corrected chi connectivity index (χ2v) is 8.20. The topological polar surface area (TPSA) is 84.2 Å². The molecule has 0 bridgehead atoms. The van der Waals surface area contributed by atoms with Crippen LogP contribution < -0.4 is 15.8 Å². The average Bonchev–Trinajstić information content (AvgIpc) is 2.48. The van der Waals surface area contributed by atoms with Crippen LogP contribution in [-0.4, -0.2) is 33.1 Å². The summed E-state index contributed by atoms with van der Waals surface area (Å²) in [5.74, 6) is 0.304. The third-order valence-corrected chi connectivity index (χ3v) is 5.61. The standard InChI is InChI=1S/C16H27N3O2S/c1-12(2)19-16-9-8-13(10-15(16)17)11-18-22(20,21)14-6-4-3-5-7-14/h3-7,12-13,15-16,18-19H,8-11,17H2,1-2H3. The second-order valence-electron chi connectivity index (χ2n) is 6.44. The van der Waals surface area contributed by atoms with Crippen molar-refractivity contribution in [3.8, 4) is 0 Å². The quantitative estimate of drug-likeness (QED) is 0.739. The highest BCUT2D eigenvalue weighted by Crippen LogP contribution is 2.24. The first-order valence-corrected chi connectivity index (χ1v) is 9.43. The van der Waals surface area contributed by atoms with Crippen molar-refractivity contribution in [2.24, 2.45) is 11.7 Å². The van der Waals surface area contributed by atoms with E-state index in [4.69, 9.17) is 5.73 Å². The molecule has 3 atom stereocenters. The lowest BCUT2D eigenvalue weighted by atomic mass is 9.82. The van der Waals surface area contributed by atoms with Crippen LogP contribution in [-0.2, 0) is 10.0 Å². The van der Waals surface area contributed by atoms with Gasteiger partial charge in [0.15, 0.2) is 0 Å². The first-order chi connectivity index (χ1) is 10.4.